The van der Waals surface area contributed by atoms with Gasteiger partial charge in [-0.25, -0.2) is 0 Å². The zero-order valence-electron chi connectivity index (χ0n) is 14.0. The van der Waals surface area contributed by atoms with Crippen LogP contribution in [-0.2, 0) is 15.3 Å². The summed E-state index contributed by atoms with van der Waals surface area (Å²) in [6, 6.07) is 11.7. The van der Waals surface area contributed by atoms with Crippen LogP contribution in [0.3, 0.4) is 0 Å². The average Bonchev–Trinajstić information content (AvgIpc) is 2.45. The van der Waals surface area contributed by atoms with E-state index < -0.39 is 8.56 Å². The van der Waals surface area contributed by atoms with Crippen molar-refractivity contribution in [1.82, 2.24) is 5.32 Å². The Hall–Kier alpha value is -0.683. The van der Waals surface area contributed by atoms with E-state index in [2.05, 4.69) is 49.1 Å². The molecule has 0 aromatic heterocycles. The van der Waals surface area contributed by atoms with E-state index in [9.17, 15) is 0 Å². The molecule has 0 amide bonds. The number of nitrogens with one attached hydrogen (secondary N) is 1. The van der Waals surface area contributed by atoms with Gasteiger partial charge >= 0.3 is 8.56 Å². The van der Waals surface area contributed by atoms with Crippen LogP contribution in [0.25, 0.3) is 0 Å². The lowest BCUT2D eigenvalue weighted by atomic mass is 10.1. The van der Waals surface area contributed by atoms with E-state index in [1.54, 1.807) is 0 Å². The van der Waals surface area contributed by atoms with Gasteiger partial charge in [-0.2, -0.15) is 0 Å². The molecule has 21 heavy (non-hydrogen) atoms. The van der Waals surface area contributed by atoms with E-state index >= 15 is 0 Å². The van der Waals surface area contributed by atoms with Crippen LogP contribution in [0.4, 0.5) is 0 Å². The molecule has 0 spiro atoms. The third-order valence-corrected chi connectivity index (χ3v) is 6.78. The molecule has 1 N–H and O–H groups in total. The first kappa shape index (κ1) is 18.4. The summed E-state index contributed by atoms with van der Waals surface area (Å²) < 4.78 is 11.8. The van der Waals surface area contributed by atoms with Crippen LogP contribution in [0.15, 0.2) is 30.3 Å². The first-order valence-corrected chi connectivity index (χ1v) is 10.6. The average molecular weight is 310 g/mol. The van der Waals surface area contributed by atoms with Gasteiger partial charge in [0.05, 0.1) is 0 Å². The lowest BCUT2D eigenvalue weighted by Gasteiger charge is -2.28. The molecular weight excluding hydrogens is 278 g/mol. The summed E-state index contributed by atoms with van der Waals surface area (Å²) in [6.07, 6.45) is 1.08. The van der Waals surface area contributed by atoms with E-state index in [-0.39, 0.29) is 0 Å². The summed E-state index contributed by atoms with van der Waals surface area (Å²) in [5.41, 5.74) is 1.39. The molecular formula is C17H31NO2Si. The molecule has 0 fully saturated rings. The molecule has 0 aliphatic rings. The molecule has 1 aromatic carbocycles. The number of rotatable bonds is 11. The number of hydrogen-bond acceptors (Lipinski definition) is 3. The molecule has 0 bridgehead atoms. The Morgan fingerprint density at radius 1 is 1.10 bits per heavy atom. The molecule has 0 saturated carbocycles. The fourth-order valence-electron chi connectivity index (χ4n) is 2.70. The van der Waals surface area contributed by atoms with Crippen molar-refractivity contribution in [3.05, 3.63) is 35.9 Å². The highest BCUT2D eigenvalue weighted by Crippen LogP contribution is 2.19. The number of benzene rings is 1. The van der Waals surface area contributed by atoms with E-state index in [0.717, 1.165) is 38.8 Å². The Labute approximate surface area is 131 Å². The number of hydrogen-bond donors (Lipinski definition) is 1. The van der Waals surface area contributed by atoms with Gasteiger partial charge < -0.3 is 14.2 Å². The largest absolute Gasteiger partial charge is 0.395 e. The van der Waals surface area contributed by atoms with Crippen molar-refractivity contribution in [2.75, 3.05) is 26.3 Å². The summed E-state index contributed by atoms with van der Waals surface area (Å²) in [4.78, 5) is 0. The van der Waals surface area contributed by atoms with E-state index in [1.807, 2.05) is 13.8 Å². The maximum atomic E-state index is 5.91. The molecule has 4 heteroatoms. The summed E-state index contributed by atoms with van der Waals surface area (Å²) >= 11 is 0. The second-order valence-corrected chi connectivity index (χ2v) is 9.00. The standard InChI is InChI=1S/C17H31NO2Si/c1-5-19-21(4,20-6-2)15-16(3)14-18-13-12-17-10-8-7-9-11-17/h7-11,16,18H,5-6,12-15H2,1-4H3. The maximum Gasteiger partial charge on any atom is 0.335 e. The van der Waals surface area contributed by atoms with Crippen LogP contribution in [-0.4, -0.2) is 34.9 Å². The minimum Gasteiger partial charge on any atom is -0.395 e. The van der Waals surface area contributed by atoms with E-state index in [0.29, 0.717) is 5.92 Å². The zero-order valence-corrected chi connectivity index (χ0v) is 15.0. The Morgan fingerprint density at radius 3 is 2.29 bits per heavy atom. The monoisotopic (exact) mass is 309 g/mol. The summed E-state index contributed by atoms with van der Waals surface area (Å²) in [7, 11) is -1.98. The molecule has 1 atom stereocenters. The molecule has 0 aliphatic heterocycles. The van der Waals surface area contributed by atoms with Crippen LogP contribution in [0.2, 0.25) is 12.6 Å². The highest BCUT2D eigenvalue weighted by molar-refractivity contribution is 6.66. The van der Waals surface area contributed by atoms with Gasteiger partial charge in [0.1, 0.15) is 0 Å². The highest BCUT2D eigenvalue weighted by Gasteiger charge is 2.32. The maximum absolute atomic E-state index is 5.91. The van der Waals surface area contributed by atoms with Crippen molar-refractivity contribution in [1.29, 1.82) is 0 Å². The quantitative estimate of drug-likeness (QED) is 0.500. The highest BCUT2D eigenvalue weighted by atomic mass is 28.4. The third kappa shape index (κ3) is 7.76. The van der Waals surface area contributed by atoms with Crippen molar-refractivity contribution in [2.24, 2.45) is 5.92 Å². The first-order chi connectivity index (χ1) is 10.1. The third-order valence-electron chi connectivity index (χ3n) is 3.54. The van der Waals surface area contributed by atoms with Crippen molar-refractivity contribution in [3.8, 4) is 0 Å². The van der Waals surface area contributed by atoms with Gasteiger partial charge in [-0.05, 0) is 57.4 Å². The predicted molar refractivity (Wildman–Crippen MR) is 91.9 cm³/mol. The molecule has 0 heterocycles. The normalized spacial score (nSPS) is 13.3. The molecule has 1 aromatic rings. The van der Waals surface area contributed by atoms with Crippen molar-refractivity contribution >= 4 is 8.56 Å². The smallest absolute Gasteiger partial charge is 0.335 e. The fourth-order valence-corrected chi connectivity index (χ4v) is 5.65. The van der Waals surface area contributed by atoms with Crippen LogP contribution in [0.1, 0.15) is 26.3 Å². The Bertz CT molecular complexity index is 366. The minimum atomic E-state index is -1.98. The van der Waals surface area contributed by atoms with Crippen LogP contribution in [0, 0.1) is 5.92 Å². The van der Waals surface area contributed by atoms with Crippen molar-refractivity contribution < 1.29 is 8.85 Å². The van der Waals surface area contributed by atoms with Gasteiger partial charge in [0.25, 0.3) is 0 Å². The molecule has 120 valence electrons. The van der Waals surface area contributed by atoms with Crippen molar-refractivity contribution in [2.45, 2.75) is 39.8 Å². The fraction of sp³-hybridized carbons (Fsp3) is 0.647. The molecule has 1 unspecified atom stereocenters. The second-order valence-electron chi connectivity index (χ2n) is 5.75. The van der Waals surface area contributed by atoms with Gasteiger partial charge in [-0.15, -0.1) is 0 Å². The molecule has 0 saturated heterocycles. The summed E-state index contributed by atoms with van der Waals surface area (Å²) in [5, 5.41) is 3.55. The second kappa shape index (κ2) is 10.1. The lowest BCUT2D eigenvalue weighted by molar-refractivity contribution is 0.184. The van der Waals surface area contributed by atoms with Gasteiger partial charge in [0.2, 0.25) is 0 Å². The predicted octanol–water partition coefficient (Wildman–Crippen LogP) is 3.60. The van der Waals surface area contributed by atoms with Gasteiger partial charge in [-0.3, -0.25) is 0 Å². The Balaban J connectivity index is 2.24. The van der Waals surface area contributed by atoms with Crippen LogP contribution < -0.4 is 5.32 Å². The molecule has 3 nitrogen and oxygen atoms in total. The molecule has 0 radical (unpaired) electrons. The summed E-state index contributed by atoms with van der Waals surface area (Å²) in [5.74, 6) is 0.579. The molecule has 0 aliphatic carbocycles. The van der Waals surface area contributed by atoms with Gasteiger partial charge in [-0.1, -0.05) is 37.3 Å². The van der Waals surface area contributed by atoms with Crippen LogP contribution in [0.5, 0.6) is 0 Å². The lowest BCUT2D eigenvalue weighted by Crippen LogP contribution is -2.41. The van der Waals surface area contributed by atoms with Crippen molar-refractivity contribution in [3.63, 3.8) is 0 Å². The Morgan fingerprint density at radius 2 is 1.71 bits per heavy atom. The van der Waals surface area contributed by atoms with E-state index in [4.69, 9.17) is 8.85 Å². The van der Waals surface area contributed by atoms with Gasteiger partial charge in [0, 0.05) is 13.2 Å². The topological polar surface area (TPSA) is 30.5 Å². The zero-order chi connectivity index (χ0) is 15.6. The van der Waals surface area contributed by atoms with Crippen LogP contribution >= 0.6 is 0 Å². The minimum absolute atomic E-state index is 0.579. The SMILES string of the molecule is CCO[Si](C)(CC(C)CNCCc1ccccc1)OCC. The first-order valence-electron chi connectivity index (χ1n) is 8.12. The van der Waals surface area contributed by atoms with Gasteiger partial charge in [0.15, 0.2) is 0 Å². The molecule has 1 rings (SSSR count). The van der Waals surface area contributed by atoms with E-state index in [1.165, 1.54) is 5.56 Å². The summed E-state index contributed by atoms with van der Waals surface area (Å²) in [6.45, 7) is 12.1. The Kier molecular flexibility index (Phi) is 8.84.